The van der Waals surface area contributed by atoms with E-state index in [0.29, 0.717) is 16.5 Å². The van der Waals surface area contributed by atoms with Gasteiger partial charge in [-0.25, -0.2) is 16.8 Å². The van der Waals surface area contributed by atoms with Gasteiger partial charge in [0.15, 0.2) is 0 Å². The van der Waals surface area contributed by atoms with Gasteiger partial charge in [-0.1, -0.05) is 35.9 Å². The second kappa shape index (κ2) is 6.54. The van der Waals surface area contributed by atoms with E-state index in [1.165, 1.54) is 19.9 Å². The second-order valence-electron chi connectivity index (χ2n) is 4.84. The molecule has 0 aliphatic carbocycles. The lowest BCUT2D eigenvalue weighted by Crippen LogP contribution is -2.17. The molecule has 0 saturated heterocycles. The van der Waals surface area contributed by atoms with Crippen molar-refractivity contribution in [2.45, 2.75) is 13.8 Å². The zero-order chi connectivity index (χ0) is 17.3. The molecule has 0 spiro atoms. The first-order valence-corrected chi connectivity index (χ1v) is 10.6. The molecular formula is C14H17ClN2O4S2. The minimum absolute atomic E-state index is 0.0802. The number of anilines is 2. The fraction of sp³-hybridized carbons (Fsp3) is 0.286. The summed E-state index contributed by atoms with van der Waals surface area (Å²) < 4.78 is 52.2. The first-order valence-electron chi connectivity index (χ1n) is 6.91. The van der Waals surface area contributed by atoms with Gasteiger partial charge in [-0.05, 0) is 19.9 Å². The Kier molecular flexibility index (Phi) is 5.07. The number of benzene rings is 2. The lowest BCUT2D eigenvalue weighted by molar-refractivity contribution is 0.600. The topological polar surface area (TPSA) is 92.3 Å². The van der Waals surface area contributed by atoms with Crippen molar-refractivity contribution in [3.05, 3.63) is 35.4 Å². The molecule has 0 saturated carbocycles. The molecule has 2 aromatic carbocycles. The molecule has 0 amide bonds. The van der Waals surface area contributed by atoms with Gasteiger partial charge < -0.3 is 0 Å². The van der Waals surface area contributed by atoms with Crippen molar-refractivity contribution >= 4 is 53.8 Å². The summed E-state index contributed by atoms with van der Waals surface area (Å²) in [6, 6.07) is 8.24. The maximum atomic E-state index is 11.8. The Hall–Kier alpha value is -1.51. The molecular weight excluding hydrogens is 360 g/mol. The van der Waals surface area contributed by atoms with Crippen LogP contribution < -0.4 is 9.44 Å². The average Bonchev–Trinajstić information content (AvgIpc) is 2.51. The highest BCUT2D eigenvalue weighted by atomic mass is 35.5. The standard InChI is InChI=1S/C14H17ClN2O4S2/c1-3-22(18,19)16-13-9-12(15)14(17-23(20,21)4-2)11-8-6-5-7-10(11)13/h5-9,16-17H,3-4H2,1-2H3. The van der Waals surface area contributed by atoms with E-state index in [2.05, 4.69) is 9.44 Å². The Balaban J connectivity index is 2.68. The van der Waals surface area contributed by atoms with Crippen molar-refractivity contribution in [2.24, 2.45) is 0 Å². The number of halogens is 1. The number of hydrogen-bond acceptors (Lipinski definition) is 4. The van der Waals surface area contributed by atoms with E-state index in [0.717, 1.165) is 0 Å². The Labute approximate surface area is 140 Å². The van der Waals surface area contributed by atoms with Gasteiger partial charge in [0.25, 0.3) is 0 Å². The largest absolute Gasteiger partial charge is 0.283 e. The van der Waals surface area contributed by atoms with Crippen LogP contribution in [0.25, 0.3) is 10.8 Å². The summed E-state index contributed by atoms with van der Waals surface area (Å²) in [7, 11) is -6.99. The van der Waals surface area contributed by atoms with Gasteiger partial charge in [0.2, 0.25) is 20.0 Å². The minimum atomic E-state index is -3.51. The van der Waals surface area contributed by atoms with Crippen molar-refractivity contribution in [2.75, 3.05) is 20.9 Å². The molecule has 0 atom stereocenters. The molecule has 126 valence electrons. The van der Waals surface area contributed by atoms with E-state index in [4.69, 9.17) is 11.6 Å². The summed E-state index contributed by atoms with van der Waals surface area (Å²) >= 11 is 6.18. The molecule has 0 fully saturated rings. The first kappa shape index (κ1) is 17.8. The van der Waals surface area contributed by atoms with E-state index in [-0.39, 0.29) is 22.2 Å². The van der Waals surface area contributed by atoms with Crippen molar-refractivity contribution in [3.63, 3.8) is 0 Å². The van der Waals surface area contributed by atoms with Crippen LogP contribution >= 0.6 is 11.6 Å². The molecule has 0 aliphatic rings. The Bertz CT molecular complexity index is 941. The maximum Gasteiger partial charge on any atom is 0.232 e. The van der Waals surface area contributed by atoms with Gasteiger partial charge in [0, 0.05) is 10.8 Å². The number of hydrogen-bond donors (Lipinski definition) is 2. The molecule has 2 aromatic rings. The van der Waals surface area contributed by atoms with Crippen LogP contribution in [0, 0.1) is 0 Å². The average molecular weight is 377 g/mol. The second-order valence-corrected chi connectivity index (χ2v) is 9.27. The number of fused-ring (bicyclic) bond motifs is 1. The van der Waals surface area contributed by atoms with Gasteiger partial charge in [-0.3, -0.25) is 9.44 Å². The van der Waals surface area contributed by atoms with Crippen LogP contribution in [0.5, 0.6) is 0 Å². The zero-order valence-corrected chi connectivity index (χ0v) is 15.0. The van der Waals surface area contributed by atoms with E-state index in [1.54, 1.807) is 24.3 Å². The molecule has 0 radical (unpaired) electrons. The van der Waals surface area contributed by atoms with Crippen LogP contribution in [0.15, 0.2) is 30.3 Å². The van der Waals surface area contributed by atoms with Crippen LogP contribution in [0.3, 0.4) is 0 Å². The molecule has 0 bridgehead atoms. The van der Waals surface area contributed by atoms with Crippen LogP contribution in [0.2, 0.25) is 5.02 Å². The fourth-order valence-corrected chi connectivity index (χ4v) is 3.63. The molecule has 9 heteroatoms. The molecule has 2 N–H and O–H groups in total. The molecule has 2 rings (SSSR count). The summed E-state index contributed by atoms with van der Waals surface area (Å²) in [6.45, 7) is 3.04. The molecule has 23 heavy (non-hydrogen) atoms. The van der Waals surface area contributed by atoms with Crippen LogP contribution in [-0.2, 0) is 20.0 Å². The van der Waals surface area contributed by atoms with Gasteiger partial charge in [-0.15, -0.1) is 0 Å². The number of rotatable bonds is 6. The van der Waals surface area contributed by atoms with Crippen molar-refractivity contribution in [3.8, 4) is 0 Å². The molecule has 0 aromatic heterocycles. The third-order valence-corrected chi connectivity index (χ3v) is 6.14. The predicted octanol–water partition coefficient (Wildman–Crippen LogP) is 3.02. The number of nitrogens with one attached hydrogen (secondary N) is 2. The van der Waals surface area contributed by atoms with Crippen molar-refractivity contribution < 1.29 is 16.8 Å². The normalized spacial score (nSPS) is 12.3. The monoisotopic (exact) mass is 376 g/mol. The lowest BCUT2D eigenvalue weighted by atomic mass is 10.1. The smallest absolute Gasteiger partial charge is 0.232 e. The Morgan fingerprint density at radius 1 is 0.913 bits per heavy atom. The quantitative estimate of drug-likeness (QED) is 0.810. The third-order valence-electron chi connectivity index (χ3n) is 3.28. The summed E-state index contributed by atoms with van der Waals surface area (Å²) in [5, 5.41) is 1.20. The summed E-state index contributed by atoms with van der Waals surface area (Å²) in [5.41, 5.74) is 0.551. The summed E-state index contributed by atoms with van der Waals surface area (Å²) in [6.07, 6.45) is 0. The Morgan fingerprint density at radius 2 is 1.43 bits per heavy atom. The minimum Gasteiger partial charge on any atom is -0.283 e. The highest BCUT2D eigenvalue weighted by Gasteiger charge is 2.17. The number of sulfonamides is 2. The van der Waals surface area contributed by atoms with E-state index < -0.39 is 20.0 Å². The molecule has 6 nitrogen and oxygen atoms in total. The van der Waals surface area contributed by atoms with Crippen LogP contribution in [0.4, 0.5) is 11.4 Å². The SMILES string of the molecule is CCS(=O)(=O)Nc1cc(Cl)c(NS(=O)(=O)CC)c2ccccc12. The van der Waals surface area contributed by atoms with Gasteiger partial charge in [0.1, 0.15) is 0 Å². The third kappa shape index (κ3) is 4.07. The highest BCUT2D eigenvalue weighted by Crippen LogP contribution is 2.37. The van der Waals surface area contributed by atoms with Crippen LogP contribution in [-0.4, -0.2) is 28.3 Å². The van der Waals surface area contributed by atoms with Gasteiger partial charge in [-0.2, -0.15) is 0 Å². The van der Waals surface area contributed by atoms with E-state index >= 15 is 0 Å². The summed E-state index contributed by atoms with van der Waals surface area (Å²) in [5.74, 6) is -0.176. The summed E-state index contributed by atoms with van der Waals surface area (Å²) in [4.78, 5) is 0. The zero-order valence-electron chi connectivity index (χ0n) is 12.6. The molecule has 0 unspecified atom stereocenters. The van der Waals surface area contributed by atoms with Crippen molar-refractivity contribution in [1.82, 2.24) is 0 Å². The van der Waals surface area contributed by atoms with Gasteiger partial charge >= 0.3 is 0 Å². The highest BCUT2D eigenvalue weighted by molar-refractivity contribution is 7.93. The van der Waals surface area contributed by atoms with Crippen molar-refractivity contribution in [1.29, 1.82) is 0 Å². The van der Waals surface area contributed by atoms with E-state index in [9.17, 15) is 16.8 Å². The lowest BCUT2D eigenvalue weighted by Gasteiger charge is -2.16. The predicted molar refractivity (Wildman–Crippen MR) is 95.1 cm³/mol. The molecule has 0 heterocycles. The van der Waals surface area contributed by atoms with E-state index in [1.807, 2.05) is 0 Å². The first-order chi connectivity index (χ1) is 10.7. The maximum absolute atomic E-state index is 11.8. The van der Waals surface area contributed by atoms with Crippen LogP contribution in [0.1, 0.15) is 13.8 Å². The van der Waals surface area contributed by atoms with Gasteiger partial charge in [0.05, 0.1) is 27.9 Å². The fourth-order valence-electron chi connectivity index (χ4n) is 2.00. The Morgan fingerprint density at radius 3 is 2.00 bits per heavy atom. The molecule has 0 aliphatic heterocycles.